The predicted molar refractivity (Wildman–Crippen MR) is 109 cm³/mol. The number of rotatable bonds is 4. The van der Waals surface area contributed by atoms with Crippen molar-refractivity contribution in [1.29, 1.82) is 0 Å². The molecule has 3 N–H and O–H groups in total. The van der Waals surface area contributed by atoms with E-state index in [2.05, 4.69) is 9.97 Å². The lowest BCUT2D eigenvalue weighted by Gasteiger charge is -2.12. The molecular formula is C20H13ClF3N3O3S. The van der Waals surface area contributed by atoms with Crippen molar-refractivity contribution < 1.29 is 26.3 Å². The lowest BCUT2D eigenvalue weighted by molar-refractivity contribution is -0.137. The fourth-order valence-corrected chi connectivity index (χ4v) is 3.66. The monoisotopic (exact) mass is 467 g/mol. The first kappa shape index (κ1) is 21.2. The van der Waals surface area contributed by atoms with Gasteiger partial charge in [-0.3, -0.25) is 0 Å². The van der Waals surface area contributed by atoms with Crippen molar-refractivity contribution >= 4 is 32.7 Å². The van der Waals surface area contributed by atoms with E-state index < -0.39 is 26.8 Å². The number of aromatic nitrogens is 2. The summed E-state index contributed by atoms with van der Waals surface area (Å²) in [5.41, 5.74) is 0.712. The summed E-state index contributed by atoms with van der Waals surface area (Å²) < 4.78 is 67.5. The number of aromatic amines is 1. The van der Waals surface area contributed by atoms with Crippen LogP contribution in [0.25, 0.3) is 22.4 Å². The average molecular weight is 468 g/mol. The van der Waals surface area contributed by atoms with Crippen molar-refractivity contribution in [3.63, 3.8) is 0 Å². The number of nitrogens with one attached hydrogen (secondary N) is 1. The van der Waals surface area contributed by atoms with Gasteiger partial charge in [-0.15, -0.1) is 0 Å². The quantitative estimate of drug-likeness (QED) is 0.423. The van der Waals surface area contributed by atoms with Crippen LogP contribution in [0, 0.1) is 0 Å². The standard InChI is InChI=1S/C20H13ClF3N3O3S/c21-16-7-5-13(9-15(16)20(22,23)24)30-12-3-1-11(2-4-12)19-26-17-8-6-14(31(25,28)29)10-18(17)27-19/h1-10H,(H,26,27)(H2,25,28,29). The van der Waals surface area contributed by atoms with Crippen molar-refractivity contribution in [1.82, 2.24) is 9.97 Å². The van der Waals surface area contributed by atoms with Crippen molar-refractivity contribution in [2.45, 2.75) is 11.1 Å². The van der Waals surface area contributed by atoms with Crippen LogP contribution in [0.4, 0.5) is 13.2 Å². The molecule has 3 aromatic carbocycles. The Bertz CT molecular complexity index is 1380. The maximum absolute atomic E-state index is 13.0. The van der Waals surface area contributed by atoms with Gasteiger partial charge in [0, 0.05) is 5.56 Å². The molecule has 6 nitrogen and oxygen atoms in total. The number of imidazole rings is 1. The Hall–Kier alpha value is -3.08. The highest BCUT2D eigenvalue weighted by Crippen LogP contribution is 2.37. The van der Waals surface area contributed by atoms with E-state index in [1.165, 1.54) is 18.2 Å². The summed E-state index contributed by atoms with van der Waals surface area (Å²) in [5, 5.41) is 4.73. The van der Waals surface area contributed by atoms with E-state index in [1.807, 2.05) is 0 Å². The Morgan fingerprint density at radius 2 is 1.65 bits per heavy atom. The van der Waals surface area contributed by atoms with Gasteiger partial charge in [-0.1, -0.05) is 11.6 Å². The molecular weight excluding hydrogens is 455 g/mol. The van der Waals surface area contributed by atoms with Gasteiger partial charge in [0.1, 0.15) is 17.3 Å². The van der Waals surface area contributed by atoms with Crippen LogP contribution < -0.4 is 9.88 Å². The number of hydrogen-bond acceptors (Lipinski definition) is 4. The van der Waals surface area contributed by atoms with Crippen LogP contribution in [0.15, 0.2) is 65.6 Å². The highest BCUT2D eigenvalue weighted by molar-refractivity contribution is 7.89. The fraction of sp³-hybridized carbons (Fsp3) is 0.0500. The molecule has 4 rings (SSSR count). The van der Waals surface area contributed by atoms with Gasteiger partial charge in [-0.25, -0.2) is 18.5 Å². The number of fused-ring (bicyclic) bond motifs is 1. The molecule has 31 heavy (non-hydrogen) atoms. The third kappa shape index (κ3) is 4.50. The minimum absolute atomic E-state index is 0.0104. The molecule has 11 heteroatoms. The summed E-state index contributed by atoms with van der Waals surface area (Å²) >= 11 is 5.61. The van der Waals surface area contributed by atoms with E-state index in [0.717, 1.165) is 12.1 Å². The molecule has 0 saturated carbocycles. The number of halogens is 4. The minimum atomic E-state index is -4.59. The predicted octanol–water partition coefficient (Wildman–Crippen LogP) is 5.34. The third-order valence-corrected chi connectivity index (χ3v) is 5.63. The molecule has 0 aliphatic carbocycles. The van der Waals surface area contributed by atoms with Gasteiger partial charge in [0.15, 0.2) is 0 Å². The van der Waals surface area contributed by atoms with E-state index in [-0.39, 0.29) is 10.6 Å². The normalized spacial score (nSPS) is 12.3. The number of H-pyrrole nitrogens is 1. The lowest BCUT2D eigenvalue weighted by atomic mass is 10.2. The van der Waals surface area contributed by atoms with E-state index in [0.29, 0.717) is 28.2 Å². The summed E-state index contributed by atoms with van der Waals surface area (Å²) in [4.78, 5) is 7.37. The van der Waals surface area contributed by atoms with Crippen molar-refractivity contribution in [2.75, 3.05) is 0 Å². The Balaban J connectivity index is 1.59. The van der Waals surface area contributed by atoms with Gasteiger partial charge in [-0.05, 0) is 60.7 Å². The molecule has 4 aromatic rings. The molecule has 0 saturated heterocycles. The van der Waals surface area contributed by atoms with Crippen molar-refractivity contribution in [3.8, 4) is 22.9 Å². The summed E-state index contributed by atoms with van der Waals surface area (Å²) in [5.74, 6) is 0.773. The van der Waals surface area contributed by atoms with Crippen molar-refractivity contribution in [3.05, 3.63) is 71.2 Å². The molecule has 0 unspecified atom stereocenters. The first-order chi connectivity index (χ1) is 14.5. The average Bonchev–Trinajstić information content (AvgIpc) is 3.12. The molecule has 0 aliphatic heterocycles. The first-order valence-corrected chi connectivity index (χ1v) is 10.6. The maximum Gasteiger partial charge on any atom is 0.417 e. The van der Waals surface area contributed by atoms with Gasteiger partial charge in [0.25, 0.3) is 0 Å². The van der Waals surface area contributed by atoms with Crippen LogP contribution >= 0.6 is 11.6 Å². The SMILES string of the molecule is NS(=O)(=O)c1ccc2[nH]c(-c3ccc(Oc4ccc(Cl)c(C(F)(F)F)c4)cc3)nc2c1. The molecule has 0 amide bonds. The van der Waals surface area contributed by atoms with Gasteiger partial charge in [0.2, 0.25) is 10.0 Å². The maximum atomic E-state index is 13.0. The molecule has 0 aliphatic rings. The Morgan fingerprint density at radius 1 is 0.968 bits per heavy atom. The number of nitrogens with two attached hydrogens (primary N) is 1. The van der Waals surface area contributed by atoms with Crippen LogP contribution in [-0.2, 0) is 16.2 Å². The van der Waals surface area contributed by atoms with E-state index in [9.17, 15) is 21.6 Å². The van der Waals surface area contributed by atoms with Crippen LogP contribution in [0.2, 0.25) is 5.02 Å². The van der Waals surface area contributed by atoms with E-state index in [4.69, 9.17) is 21.5 Å². The topological polar surface area (TPSA) is 98.1 Å². The van der Waals surface area contributed by atoms with Gasteiger partial charge in [-0.2, -0.15) is 13.2 Å². The number of benzene rings is 3. The smallest absolute Gasteiger partial charge is 0.417 e. The highest BCUT2D eigenvalue weighted by Gasteiger charge is 2.33. The number of hydrogen-bond donors (Lipinski definition) is 2. The van der Waals surface area contributed by atoms with Crippen LogP contribution in [0.5, 0.6) is 11.5 Å². The fourth-order valence-electron chi connectivity index (χ4n) is 2.90. The summed E-state index contributed by atoms with van der Waals surface area (Å²) in [6.45, 7) is 0. The number of primary sulfonamides is 1. The Kier molecular flexibility index (Phi) is 5.16. The zero-order valence-corrected chi connectivity index (χ0v) is 17.0. The second-order valence-corrected chi connectivity index (χ2v) is 8.54. The number of nitrogens with zero attached hydrogens (tertiary/aromatic N) is 1. The van der Waals surface area contributed by atoms with Crippen molar-refractivity contribution in [2.24, 2.45) is 5.14 Å². The Morgan fingerprint density at radius 3 is 2.29 bits per heavy atom. The summed E-state index contributed by atoms with van der Waals surface area (Å²) in [6, 6.07) is 14.0. The van der Waals surface area contributed by atoms with Gasteiger partial charge in [0.05, 0.1) is 26.5 Å². The minimum Gasteiger partial charge on any atom is -0.457 e. The zero-order chi connectivity index (χ0) is 22.4. The first-order valence-electron chi connectivity index (χ1n) is 8.68. The Labute approximate surface area is 179 Å². The van der Waals surface area contributed by atoms with Gasteiger partial charge < -0.3 is 9.72 Å². The molecule has 0 bridgehead atoms. The molecule has 1 aromatic heterocycles. The summed E-state index contributed by atoms with van der Waals surface area (Å²) in [6.07, 6.45) is -4.59. The second-order valence-electron chi connectivity index (χ2n) is 6.58. The molecule has 1 heterocycles. The molecule has 160 valence electrons. The second kappa shape index (κ2) is 7.56. The number of ether oxygens (including phenoxy) is 1. The van der Waals surface area contributed by atoms with Crippen LogP contribution in [-0.4, -0.2) is 18.4 Å². The third-order valence-electron chi connectivity index (χ3n) is 4.39. The molecule has 0 spiro atoms. The molecule has 0 fully saturated rings. The van der Waals surface area contributed by atoms with E-state index >= 15 is 0 Å². The van der Waals surface area contributed by atoms with Crippen LogP contribution in [0.1, 0.15) is 5.56 Å². The van der Waals surface area contributed by atoms with Crippen LogP contribution in [0.3, 0.4) is 0 Å². The van der Waals surface area contributed by atoms with Gasteiger partial charge >= 0.3 is 6.18 Å². The summed E-state index contributed by atoms with van der Waals surface area (Å²) in [7, 11) is -3.85. The number of alkyl halides is 3. The zero-order valence-electron chi connectivity index (χ0n) is 15.4. The largest absolute Gasteiger partial charge is 0.457 e. The molecule has 0 atom stereocenters. The number of sulfonamides is 1. The van der Waals surface area contributed by atoms with E-state index in [1.54, 1.807) is 30.3 Å². The molecule has 0 radical (unpaired) electrons. The lowest BCUT2D eigenvalue weighted by Crippen LogP contribution is -2.11. The highest BCUT2D eigenvalue weighted by atomic mass is 35.5.